The summed E-state index contributed by atoms with van der Waals surface area (Å²) in [6.07, 6.45) is -1.32. The third kappa shape index (κ3) is 4.65. The first-order valence-corrected chi connectivity index (χ1v) is 5.04. The second-order valence-corrected chi connectivity index (χ2v) is 3.26. The first-order valence-electron chi connectivity index (χ1n) is 5.04. The average Bonchev–Trinajstić information content (AvgIpc) is 2.34. The highest BCUT2D eigenvalue weighted by atomic mass is 16.7. The summed E-state index contributed by atoms with van der Waals surface area (Å²) < 4.78 is 14.3. The van der Waals surface area contributed by atoms with E-state index in [1.54, 1.807) is 0 Å². The van der Waals surface area contributed by atoms with E-state index in [2.05, 4.69) is 9.47 Å². The van der Waals surface area contributed by atoms with Gasteiger partial charge in [-0.3, -0.25) is 4.79 Å². The van der Waals surface area contributed by atoms with Crippen LogP contribution >= 0.6 is 0 Å². The van der Waals surface area contributed by atoms with E-state index >= 15 is 0 Å². The normalized spacial score (nSPS) is 11.6. The largest absolute Gasteiger partial charge is 0.464 e. The number of hydrogen-bond acceptors (Lipinski definition) is 5. The van der Waals surface area contributed by atoms with Gasteiger partial charge in [0.25, 0.3) is 0 Å². The maximum Gasteiger partial charge on any atom is 0.376 e. The van der Waals surface area contributed by atoms with Crippen molar-refractivity contribution in [2.75, 3.05) is 7.11 Å². The van der Waals surface area contributed by atoms with E-state index in [1.807, 2.05) is 30.3 Å². The number of methoxy groups -OCH3 is 1. The Labute approximate surface area is 99.3 Å². The van der Waals surface area contributed by atoms with Gasteiger partial charge >= 0.3 is 18.2 Å². The third-order valence-electron chi connectivity index (χ3n) is 1.91. The minimum Gasteiger partial charge on any atom is -0.464 e. The maximum atomic E-state index is 11.2. The van der Waals surface area contributed by atoms with Crippen LogP contribution in [-0.2, 0) is 30.4 Å². The van der Waals surface area contributed by atoms with E-state index in [-0.39, 0.29) is 6.61 Å². The number of rotatable bonds is 5. The van der Waals surface area contributed by atoms with Crippen molar-refractivity contribution in [2.24, 2.45) is 0 Å². The maximum absolute atomic E-state index is 11.2. The summed E-state index contributed by atoms with van der Waals surface area (Å²) in [5.41, 5.74) is 0.869. The Kier molecular flexibility index (Phi) is 5.16. The van der Waals surface area contributed by atoms with Crippen molar-refractivity contribution in [2.45, 2.75) is 19.8 Å². The highest BCUT2D eigenvalue weighted by Gasteiger charge is 2.23. The smallest absolute Gasteiger partial charge is 0.376 e. The van der Waals surface area contributed by atoms with Gasteiger partial charge in [-0.05, 0) is 5.56 Å². The summed E-state index contributed by atoms with van der Waals surface area (Å²) in [5, 5.41) is 0. The number of hydrogen-bond donors (Lipinski definition) is 0. The Hall–Kier alpha value is -1.88. The fraction of sp³-hybridized carbons (Fsp3) is 0.333. The molecule has 0 N–H and O–H groups in total. The molecule has 0 radical (unpaired) electrons. The molecular weight excluding hydrogens is 224 g/mol. The van der Waals surface area contributed by atoms with Gasteiger partial charge < -0.3 is 14.2 Å². The van der Waals surface area contributed by atoms with Crippen LogP contribution in [-0.4, -0.2) is 25.3 Å². The fourth-order valence-corrected chi connectivity index (χ4v) is 1.14. The van der Waals surface area contributed by atoms with Crippen LogP contribution in [0.2, 0.25) is 0 Å². The van der Waals surface area contributed by atoms with E-state index in [0.717, 1.165) is 5.56 Å². The topological polar surface area (TPSA) is 61.8 Å². The molecule has 1 rings (SSSR count). The molecule has 92 valence electrons. The quantitative estimate of drug-likeness (QED) is 0.571. The predicted octanol–water partition coefficient (Wildman–Crippen LogP) is 1.27. The Balaban J connectivity index is 2.55. The first kappa shape index (κ1) is 13.2. The molecule has 0 saturated carbocycles. The SMILES string of the molecule is COC(=O)[C@@H](OCc1ccccc1)OC(C)=O. The number of benzene rings is 1. The lowest BCUT2D eigenvalue weighted by Gasteiger charge is -2.15. The molecule has 5 heteroatoms. The van der Waals surface area contributed by atoms with Crippen molar-refractivity contribution < 1.29 is 23.8 Å². The molecule has 0 bridgehead atoms. The summed E-state index contributed by atoms with van der Waals surface area (Å²) >= 11 is 0. The van der Waals surface area contributed by atoms with E-state index in [4.69, 9.17) is 4.74 Å². The molecule has 17 heavy (non-hydrogen) atoms. The highest BCUT2D eigenvalue weighted by Crippen LogP contribution is 2.06. The van der Waals surface area contributed by atoms with Crippen LogP contribution in [0.25, 0.3) is 0 Å². The van der Waals surface area contributed by atoms with Gasteiger partial charge in [0.2, 0.25) is 0 Å². The lowest BCUT2D eigenvalue weighted by atomic mass is 10.2. The molecule has 5 nitrogen and oxygen atoms in total. The summed E-state index contributed by atoms with van der Waals surface area (Å²) in [6.45, 7) is 1.36. The third-order valence-corrected chi connectivity index (χ3v) is 1.91. The van der Waals surface area contributed by atoms with Crippen molar-refractivity contribution in [1.82, 2.24) is 0 Å². The van der Waals surface area contributed by atoms with E-state index in [1.165, 1.54) is 14.0 Å². The summed E-state index contributed by atoms with van der Waals surface area (Å²) in [7, 11) is 1.20. The van der Waals surface area contributed by atoms with Gasteiger partial charge in [-0.15, -0.1) is 0 Å². The van der Waals surface area contributed by atoms with Gasteiger partial charge in [-0.25, -0.2) is 4.79 Å². The van der Waals surface area contributed by atoms with Crippen LogP contribution in [0.15, 0.2) is 30.3 Å². The zero-order chi connectivity index (χ0) is 12.7. The van der Waals surface area contributed by atoms with Crippen LogP contribution in [0.5, 0.6) is 0 Å². The van der Waals surface area contributed by atoms with Gasteiger partial charge in [-0.1, -0.05) is 30.3 Å². The highest BCUT2D eigenvalue weighted by molar-refractivity contribution is 5.77. The molecule has 0 aliphatic carbocycles. The van der Waals surface area contributed by atoms with Crippen molar-refractivity contribution >= 4 is 11.9 Å². The molecule has 0 aliphatic rings. The minimum absolute atomic E-state index is 0.161. The van der Waals surface area contributed by atoms with Gasteiger partial charge in [0.05, 0.1) is 13.7 Å². The van der Waals surface area contributed by atoms with Crippen molar-refractivity contribution in [3.8, 4) is 0 Å². The van der Waals surface area contributed by atoms with E-state index < -0.39 is 18.2 Å². The standard InChI is InChI=1S/C12H14O5/c1-9(13)17-12(11(14)15-2)16-8-10-6-4-3-5-7-10/h3-7,12H,8H2,1-2H3/t12-/m0/s1. The van der Waals surface area contributed by atoms with Crippen molar-refractivity contribution in [1.29, 1.82) is 0 Å². The Morgan fingerprint density at radius 1 is 1.24 bits per heavy atom. The molecule has 0 aliphatic heterocycles. The van der Waals surface area contributed by atoms with Crippen LogP contribution in [0.3, 0.4) is 0 Å². The van der Waals surface area contributed by atoms with Crippen LogP contribution < -0.4 is 0 Å². The molecule has 0 unspecified atom stereocenters. The fourth-order valence-electron chi connectivity index (χ4n) is 1.14. The molecular formula is C12H14O5. The molecule has 0 fully saturated rings. The molecule has 1 aromatic rings. The Bertz CT molecular complexity index is 374. The zero-order valence-corrected chi connectivity index (χ0v) is 9.71. The lowest BCUT2D eigenvalue weighted by Crippen LogP contribution is -2.30. The number of carbonyl (C=O) groups excluding carboxylic acids is 2. The second-order valence-electron chi connectivity index (χ2n) is 3.26. The molecule has 0 saturated heterocycles. The molecule has 1 atom stereocenters. The van der Waals surface area contributed by atoms with Crippen LogP contribution in [0.4, 0.5) is 0 Å². The van der Waals surface area contributed by atoms with Gasteiger partial charge in [0.15, 0.2) is 0 Å². The van der Waals surface area contributed by atoms with Crippen molar-refractivity contribution in [3.63, 3.8) is 0 Å². The van der Waals surface area contributed by atoms with Gasteiger partial charge in [0.1, 0.15) is 0 Å². The monoisotopic (exact) mass is 238 g/mol. The molecule has 0 aromatic heterocycles. The molecule has 0 spiro atoms. The number of carbonyl (C=O) groups is 2. The zero-order valence-electron chi connectivity index (χ0n) is 9.71. The molecule has 0 amide bonds. The van der Waals surface area contributed by atoms with E-state index in [0.29, 0.717) is 0 Å². The predicted molar refractivity (Wildman–Crippen MR) is 58.8 cm³/mol. The van der Waals surface area contributed by atoms with Gasteiger partial charge in [-0.2, -0.15) is 0 Å². The van der Waals surface area contributed by atoms with Crippen molar-refractivity contribution in [3.05, 3.63) is 35.9 Å². The minimum atomic E-state index is -1.32. The first-order chi connectivity index (χ1) is 8.13. The summed E-state index contributed by atoms with van der Waals surface area (Å²) in [5.74, 6) is -1.34. The molecule has 0 heterocycles. The van der Waals surface area contributed by atoms with Gasteiger partial charge in [0, 0.05) is 6.92 Å². The number of esters is 2. The number of ether oxygens (including phenoxy) is 3. The Morgan fingerprint density at radius 2 is 1.88 bits per heavy atom. The lowest BCUT2D eigenvalue weighted by molar-refractivity contribution is -0.200. The second kappa shape index (κ2) is 6.65. The van der Waals surface area contributed by atoms with E-state index in [9.17, 15) is 9.59 Å². The molecule has 1 aromatic carbocycles. The average molecular weight is 238 g/mol. The summed E-state index contributed by atoms with van der Waals surface area (Å²) in [6, 6.07) is 9.23. The Morgan fingerprint density at radius 3 is 2.41 bits per heavy atom. The van der Waals surface area contributed by atoms with Crippen LogP contribution in [0, 0.1) is 0 Å². The van der Waals surface area contributed by atoms with Crippen LogP contribution in [0.1, 0.15) is 12.5 Å². The summed E-state index contributed by atoms with van der Waals surface area (Å²) in [4.78, 5) is 22.0.